The van der Waals surface area contributed by atoms with E-state index in [1.165, 1.54) is 12.2 Å². The number of halogens is 1. The van der Waals surface area contributed by atoms with Crippen molar-refractivity contribution in [1.82, 2.24) is 10.2 Å². The van der Waals surface area contributed by atoms with Crippen molar-refractivity contribution >= 4 is 41.7 Å². The number of allylic oxidation sites excluding steroid dienone is 1. The molecule has 5 heteroatoms. The number of aliphatic imine (C=N–C) groups is 1. The van der Waals surface area contributed by atoms with Crippen LogP contribution in [0.2, 0.25) is 0 Å². The summed E-state index contributed by atoms with van der Waals surface area (Å²) in [5.74, 6) is 2.28. The highest BCUT2D eigenvalue weighted by molar-refractivity contribution is 14.0. The van der Waals surface area contributed by atoms with Crippen LogP contribution in [-0.4, -0.2) is 48.5 Å². The Balaban J connectivity index is 0.00000289. The zero-order valence-corrected chi connectivity index (χ0v) is 14.8. The highest BCUT2D eigenvalue weighted by Gasteiger charge is 2.20. The van der Waals surface area contributed by atoms with Crippen molar-refractivity contribution in [1.29, 1.82) is 0 Å². The van der Waals surface area contributed by atoms with Crippen LogP contribution in [0.15, 0.2) is 17.1 Å². The van der Waals surface area contributed by atoms with E-state index in [9.17, 15) is 0 Å². The van der Waals surface area contributed by atoms with Crippen LogP contribution < -0.4 is 5.32 Å². The van der Waals surface area contributed by atoms with E-state index in [0.29, 0.717) is 0 Å². The van der Waals surface area contributed by atoms with Gasteiger partial charge in [0.25, 0.3) is 0 Å². The van der Waals surface area contributed by atoms with Gasteiger partial charge in [-0.3, -0.25) is 4.99 Å². The van der Waals surface area contributed by atoms with Gasteiger partial charge in [0, 0.05) is 37.7 Å². The first-order valence-electron chi connectivity index (χ1n) is 6.50. The van der Waals surface area contributed by atoms with Gasteiger partial charge in [0.05, 0.1) is 0 Å². The van der Waals surface area contributed by atoms with Crippen LogP contribution in [0.4, 0.5) is 0 Å². The minimum absolute atomic E-state index is 0. The van der Waals surface area contributed by atoms with Crippen LogP contribution in [-0.2, 0) is 0 Å². The second-order valence-corrected chi connectivity index (χ2v) is 5.59. The van der Waals surface area contributed by atoms with Crippen molar-refractivity contribution in [2.45, 2.75) is 31.9 Å². The Kier molecular flexibility index (Phi) is 11.0. The summed E-state index contributed by atoms with van der Waals surface area (Å²) < 4.78 is 0. The summed E-state index contributed by atoms with van der Waals surface area (Å²) in [5, 5.41) is 4.20. The molecule has 106 valence electrons. The predicted octanol–water partition coefficient (Wildman–Crippen LogP) is 2.97. The molecule has 0 radical (unpaired) electrons. The summed E-state index contributed by atoms with van der Waals surface area (Å²) in [6, 6.07) is 0. The van der Waals surface area contributed by atoms with Crippen LogP contribution in [0.3, 0.4) is 0 Å². The molecule has 0 aromatic heterocycles. The van der Waals surface area contributed by atoms with E-state index in [4.69, 9.17) is 0 Å². The third kappa shape index (κ3) is 6.31. The fourth-order valence-electron chi connectivity index (χ4n) is 1.92. The average molecular weight is 383 g/mol. The molecule has 3 nitrogen and oxygen atoms in total. The molecule has 1 saturated heterocycles. The Morgan fingerprint density at radius 3 is 2.94 bits per heavy atom. The molecule has 0 bridgehead atoms. The third-order valence-corrected chi connectivity index (χ3v) is 4.31. The van der Waals surface area contributed by atoms with Crippen molar-refractivity contribution in [2.75, 3.05) is 32.4 Å². The molecule has 0 spiro atoms. The minimum atomic E-state index is 0. The number of hydrogen-bond acceptors (Lipinski definition) is 2. The summed E-state index contributed by atoms with van der Waals surface area (Å²) >= 11 is 2.09. The van der Waals surface area contributed by atoms with Gasteiger partial charge < -0.3 is 10.2 Å². The largest absolute Gasteiger partial charge is 0.356 e. The van der Waals surface area contributed by atoms with Gasteiger partial charge in [-0.2, -0.15) is 11.8 Å². The van der Waals surface area contributed by atoms with Gasteiger partial charge in [-0.15, -0.1) is 24.0 Å². The Morgan fingerprint density at radius 2 is 2.33 bits per heavy atom. The maximum Gasteiger partial charge on any atom is 0.193 e. The van der Waals surface area contributed by atoms with Crippen molar-refractivity contribution in [2.24, 2.45) is 4.99 Å². The predicted molar refractivity (Wildman–Crippen MR) is 94.3 cm³/mol. The molecule has 1 atom stereocenters. The molecule has 18 heavy (non-hydrogen) atoms. The van der Waals surface area contributed by atoms with Gasteiger partial charge in [-0.25, -0.2) is 0 Å². The molecule has 1 rings (SSSR count). The normalized spacial score (nSPS) is 20.9. The van der Waals surface area contributed by atoms with E-state index >= 15 is 0 Å². The van der Waals surface area contributed by atoms with E-state index in [2.05, 4.69) is 53.0 Å². The molecule has 0 amide bonds. The van der Waals surface area contributed by atoms with Gasteiger partial charge in [-0.05, 0) is 19.8 Å². The Bertz CT molecular complexity index is 269. The lowest BCUT2D eigenvalue weighted by molar-refractivity contribution is 0.409. The zero-order chi connectivity index (χ0) is 12.5. The first-order chi connectivity index (χ1) is 8.31. The number of guanidine groups is 1. The number of rotatable bonds is 4. The second kappa shape index (κ2) is 11.0. The molecular formula is C13H26IN3S. The Morgan fingerprint density at radius 1 is 1.56 bits per heavy atom. The monoisotopic (exact) mass is 383 g/mol. The minimum Gasteiger partial charge on any atom is -0.356 e. The summed E-state index contributed by atoms with van der Waals surface area (Å²) in [7, 11) is 1.88. The molecule has 1 aliphatic heterocycles. The van der Waals surface area contributed by atoms with Crippen LogP contribution in [0.5, 0.6) is 0 Å². The summed E-state index contributed by atoms with van der Waals surface area (Å²) in [6.07, 6.45) is 6.59. The van der Waals surface area contributed by atoms with E-state index in [-0.39, 0.29) is 24.0 Å². The van der Waals surface area contributed by atoms with Crippen LogP contribution in [0.1, 0.15) is 26.7 Å². The standard InChI is InChI=1S/C13H25N3S.HI/c1-4-6-7-8-15-13(14-3)16-9-10-17-12(5-2)11-16;/h4,6,12H,5,7-11H2,1-3H3,(H,14,15);1H/b6-4+;. The highest BCUT2D eigenvalue weighted by Crippen LogP contribution is 2.20. The maximum atomic E-state index is 4.38. The maximum absolute atomic E-state index is 4.38. The Hall–Kier alpha value is 0.0900. The lowest BCUT2D eigenvalue weighted by atomic mass is 10.3. The first kappa shape index (κ1) is 18.1. The lowest BCUT2D eigenvalue weighted by Gasteiger charge is -2.34. The molecule has 0 aliphatic carbocycles. The van der Waals surface area contributed by atoms with Crippen LogP contribution in [0, 0.1) is 0 Å². The fourth-order valence-corrected chi connectivity index (χ4v) is 3.11. The topological polar surface area (TPSA) is 27.6 Å². The number of nitrogens with one attached hydrogen (secondary N) is 1. The molecule has 1 heterocycles. The highest BCUT2D eigenvalue weighted by atomic mass is 127. The van der Waals surface area contributed by atoms with Crippen molar-refractivity contribution in [3.63, 3.8) is 0 Å². The second-order valence-electron chi connectivity index (χ2n) is 4.18. The smallest absolute Gasteiger partial charge is 0.193 e. The van der Waals surface area contributed by atoms with E-state index < -0.39 is 0 Å². The third-order valence-electron chi connectivity index (χ3n) is 2.94. The molecule has 1 N–H and O–H groups in total. The molecule has 0 aromatic rings. The van der Waals surface area contributed by atoms with Crippen LogP contribution >= 0.6 is 35.7 Å². The van der Waals surface area contributed by atoms with Gasteiger partial charge >= 0.3 is 0 Å². The molecular weight excluding hydrogens is 357 g/mol. The summed E-state index contributed by atoms with van der Waals surface area (Å²) in [6.45, 7) is 7.54. The quantitative estimate of drug-likeness (QED) is 0.266. The summed E-state index contributed by atoms with van der Waals surface area (Å²) in [5.41, 5.74) is 0. The van der Waals surface area contributed by atoms with E-state index in [1.807, 2.05) is 7.05 Å². The van der Waals surface area contributed by atoms with Crippen molar-refractivity contribution in [3.05, 3.63) is 12.2 Å². The number of hydrogen-bond donors (Lipinski definition) is 1. The number of thioether (sulfide) groups is 1. The van der Waals surface area contributed by atoms with Gasteiger partial charge in [0.1, 0.15) is 0 Å². The molecule has 1 aliphatic rings. The van der Waals surface area contributed by atoms with Gasteiger partial charge in [-0.1, -0.05) is 19.1 Å². The van der Waals surface area contributed by atoms with Gasteiger partial charge in [0.15, 0.2) is 5.96 Å². The van der Waals surface area contributed by atoms with Crippen molar-refractivity contribution in [3.8, 4) is 0 Å². The van der Waals surface area contributed by atoms with E-state index in [0.717, 1.165) is 37.3 Å². The average Bonchev–Trinajstić information content (AvgIpc) is 2.39. The molecule has 1 fully saturated rings. The SMILES string of the molecule is C/C=C/CCNC(=NC)N1CCSC(CC)C1.I. The molecule has 0 aromatic carbocycles. The van der Waals surface area contributed by atoms with Crippen LogP contribution in [0.25, 0.3) is 0 Å². The number of nitrogens with zero attached hydrogens (tertiary/aromatic N) is 2. The van der Waals surface area contributed by atoms with Gasteiger partial charge in [0.2, 0.25) is 0 Å². The van der Waals surface area contributed by atoms with E-state index in [1.54, 1.807) is 0 Å². The molecule has 1 unspecified atom stereocenters. The first-order valence-corrected chi connectivity index (χ1v) is 7.55. The fraction of sp³-hybridized carbons (Fsp3) is 0.769. The zero-order valence-electron chi connectivity index (χ0n) is 11.7. The molecule has 0 saturated carbocycles. The Labute approximate surface area is 133 Å². The summed E-state index contributed by atoms with van der Waals surface area (Å²) in [4.78, 5) is 6.77. The van der Waals surface area contributed by atoms with Crippen molar-refractivity contribution < 1.29 is 0 Å². The lowest BCUT2D eigenvalue weighted by Crippen LogP contribution is -2.48.